The number of anilines is 1. The van der Waals surface area contributed by atoms with E-state index >= 15 is 0 Å². The predicted molar refractivity (Wildman–Crippen MR) is 56.4 cm³/mol. The second-order valence-corrected chi connectivity index (χ2v) is 4.35. The predicted octanol–water partition coefficient (Wildman–Crippen LogP) is 1.59. The topological polar surface area (TPSA) is 55.0 Å². The minimum absolute atomic E-state index is 0.197. The fraction of sp³-hybridized carbons (Fsp3) is 0.750. The maximum atomic E-state index is 12.2. The Hall–Kier alpha value is -0.890. The molecule has 4 nitrogen and oxygen atoms in total. The van der Waals surface area contributed by atoms with Crippen molar-refractivity contribution in [3.8, 4) is 0 Å². The lowest BCUT2D eigenvalue weighted by Gasteiger charge is -2.18. The van der Waals surface area contributed by atoms with Crippen LogP contribution in [0.5, 0.6) is 0 Å². The molecule has 0 aliphatic rings. The van der Waals surface area contributed by atoms with E-state index in [-0.39, 0.29) is 11.0 Å². The van der Waals surface area contributed by atoms with Crippen LogP contribution in [0.2, 0.25) is 0 Å². The van der Waals surface area contributed by atoms with Crippen molar-refractivity contribution < 1.29 is 13.2 Å². The first-order chi connectivity index (χ1) is 7.34. The zero-order chi connectivity index (χ0) is 12.3. The third kappa shape index (κ3) is 3.31. The van der Waals surface area contributed by atoms with E-state index in [1.165, 1.54) is 0 Å². The van der Waals surface area contributed by atoms with Crippen molar-refractivity contribution in [2.45, 2.75) is 13.1 Å². The number of nitrogens with two attached hydrogens (primary N) is 1. The molecule has 0 aliphatic heterocycles. The van der Waals surface area contributed by atoms with Gasteiger partial charge in [0.25, 0.3) is 0 Å². The average Bonchev–Trinajstić information content (AvgIpc) is 2.65. The number of nitrogens with zero attached hydrogens (tertiary/aromatic N) is 3. The zero-order valence-electron chi connectivity index (χ0n) is 8.95. The summed E-state index contributed by atoms with van der Waals surface area (Å²) in [6.45, 7) is 2.96. The Balaban J connectivity index is 2.71. The molecular weight excluding hydrogens is 241 g/mol. The van der Waals surface area contributed by atoms with Gasteiger partial charge in [-0.2, -0.15) is 22.5 Å². The summed E-state index contributed by atoms with van der Waals surface area (Å²) in [7, 11) is 1.67. The quantitative estimate of drug-likeness (QED) is 0.886. The van der Waals surface area contributed by atoms with Crippen LogP contribution in [0.1, 0.15) is 12.7 Å². The van der Waals surface area contributed by atoms with Gasteiger partial charge in [-0.1, -0.05) is 6.92 Å². The van der Waals surface area contributed by atoms with Crippen molar-refractivity contribution in [3.63, 3.8) is 0 Å². The highest BCUT2D eigenvalue weighted by Gasteiger charge is 2.36. The van der Waals surface area contributed by atoms with E-state index in [0.29, 0.717) is 13.1 Å². The first-order valence-corrected chi connectivity index (χ1v) is 5.44. The van der Waals surface area contributed by atoms with E-state index in [9.17, 15) is 13.2 Å². The van der Waals surface area contributed by atoms with Gasteiger partial charge in [-0.05, 0) is 12.5 Å². The van der Waals surface area contributed by atoms with Gasteiger partial charge >= 0.3 is 6.18 Å². The molecule has 1 atom stereocenters. The molecule has 0 aromatic carbocycles. The van der Waals surface area contributed by atoms with E-state index < -0.39 is 12.0 Å². The molecule has 1 unspecified atom stereocenters. The van der Waals surface area contributed by atoms with Crippen LogP contribution in [0, 0.1) is 5.92 Å². The Morgan fingerprint density at radius 3 is 2.56 bits per heavy atom. The molecule has 0 fully saturated rings. The van der Waals surface area contributed by atoms with Gasteiger partial charge in [0.1, 0.15) is 0 Å². The third-order valence-corrected chi connectivity index (χ3v) is 2.81. The van der Waals surface area contributed by atoms with Crippen molar-refractivity contribution in [2.75, 3.05) is 25.0 Å². The van der Waals surface area contributed by atoms with Gasteiger partial charge in [-0.3, -0.25) is 0 Å². The van der Waals surface area contributed by atoms with Crippen molar-refractivity contribution in [3.05, 3.63) is 5.82 Å². The summed E-state index contributed by atoms with van der Waals surface area (Å²) in [5.74, 6) is -0.886. The molecule has 0 aliphatic carbocycles. The lowest BCUT2D eigenvalue weighted by Crippen LogP contribution is -2.28. The highest BCUT2D eigenvalue weighted by atomic mass is 32.1. The second-order valence-electron chi connectivity index (χ2n) is 3.62. The Morgan fingerprint density at radius 1 is 1.50 bits per heavy atom. The Bertz CT molecular complexity index is 338. The molecule has 8 heteroatoms. The average molecular weight is 254 g/mol. The maximum Gasteiger partial charge on any atom is 0.452 e. The van der Waals surface area contributed by atoms with Crippen LogP contribution in [0.3, 0.4) is 0 Å². The van der Waals surface area contributed by atoms with Crippen molar-refractivity contribution >= 4 is 16.7 Å². The highest BCUT2D eigenvalue weighted by Crippen LogP contribution is 2.29. The Kier molecular flexibility index (Phi) is 4.09. The maximum absolute atomic E-state index is 12.2. The normalized spacial score (nSPS) is 13.9. The van der Waals surface area contributed by atoms with Gasteiger partial charge in [0.2, 0.25) is 11.0 Å². The number of rotatable bonds is 4. The van der Waals surface area contributed by atoms with Crippen LogP contribution in [-0.4, -0.2) is 29.5 Å². The molecule has 2 N–H and O–H groups in total. The largest absolute Gasteiger partial charge is 0.452 e. The molecule has 0 saturated carbocycles. The van der Waals surface area contributed by atoms with E-state index in [0.717, 1.165) is 11.5 Å². The monoisotopic (exact) mass is 254 g/mol. The first kappa shape index (κ1) is 13.2. The van der Waals surface area contributed by atoms with Crippen molar-refractivity contribution in [2.24, 2.45) is 11.7 Å². The summed E-state index contributed by atoms with van der Waals surface area (Å²) in [6, 6.07) is 0. The third-order valence-electron chi connectivity index (χ3n) is 1.98. The van der Waals surface area contributed by atoms with Gasteiger partial charge in [0.15, 0.2) is 0 Å². The molecule has 1 heterocycles. The lowest BCUT2D eigenvalue weighted by atomic mass is 10.2. The van der Waals surface area contributed by atoms with Crippen molar-refractivity contribution in [1.29, 1.82) is 0 Å². The molecular formula is C8H13F3N4S. The lowest BCUT2D eigenvalue weighted by molar-refractivity contribution is -0.144. The molecule has 0 radical (unpaired) electrons. The Labute approximate surface area is 95.4 Å². The molecule has 0 saturated heterocycles. The molecule has 1 rings (SSSR count). The van der Waals surface area contributed by atoms with Gasteiger partial charge in [0, 0.05) is 25.1 Å². The van der Waals surface area contributed by atoms with Crippen LogP contribution in [0.25, 0.3) is 0 Å². The summed E-state index contributed by atoms with van der Waals surface area (Å²) < 4.78 is 40.0. The molecule has 0 amide bonds. The second kappa shape index (κ2) is 4.96. The molecule has 16 heavy (non-hydrogen) atoms. The molecule has 92 valence electrons. The van der Waals surface area contributed by atoms with E-state index in [1.807, 2.05) is 6.92 Å². The minimum Gasteiger partial charge on any atom is -0.350 e. The highest BCUT2D eigenvalue weighted by molar-refractivity contribution is 7.09. The SMILES string of the molecule is CC(CN)CN(C)c1nc(C(F)(F)F)ns1. The summed E-state index contributed by atoms with van der Waals surface area (Å²) in [6.07, 6.45) is -4.48. The summed E-state index contributed by atoms with van der Waals surface area (Å²) >= 11 is 0.741. The summed E-state index contributed by atoms with van der Waals surface area (Å²) in [5, 5.41) is 0.257. The van der Waals surface area contributed by atoms with Gasteiger partial charge in [-0.25, -0.2) is 0 Å². The van der Waals surface area contributed by atoms with Crippen LogP contribution < -0.4 is 10.6 Å². The van der Waals surface area contributed by atoms with Crippen LogP contribution in [0.4, 0.5) is 18.3 Å². The smallest absolute Gasteiger partial charge is 0.350 e. The molecule has 1 aromatic heterocycles. The fourth-order valence-electron chi connectivity index (χ4n) is 1.11. The number of hydrogen-bond acceptors (Lipinski definition) is 5. The fourth-order valence-corrected chi connectivity index (χ4v) is 1.76. The first-order valence-electron chi connectivity index (χ1n) is 4.66. The van der Waals surface area contributed by atoms with Crippen molar-refractivity contribution in [1.82, 2.24) is 9.36 Å². The molecule has 0 bridgehead atoms. The Morgan fingerprint density at radius 2 is 2.12 bits per heavy atom. The summed E-state index contributed by atoms with van der Waals surface area (Å²) in [5.41, 5.74) is 5.43. The molecule has 0 spiro atoms. The number of aromatic nitrogens is 2. The van der Waals surface area contributed by atoms with Crippen LogP contribution >= 0.6 is 11.5 Å². The van der Waals surface area contributed by atoms with E-state index in [2.05, 4.69) is 9.36 Å². The minimum atomic E-state index is -4.48. The van der Waals surface area contributed by atoms with Gasteiger partial charge in [0.05, 0.1) is 0 Å². The van der Waals surface area contributed by atoms with Crippen LogP contribution in [-0.2, 0) is 6.18 Å². The summed E-state index contributed by atoms with van der Waals surface area (Å²) in [4.78, 5) is 5.07. The number of hydrogen-bond donors (Lipinski definition) is 1. The number of alkyl halides is 3. The molecule has 1 aromatic rings. The van der Waals surface area contributed by atoms with E-state index in [1.54, 1.807) is 11.9 Å². The zero-order valence-corrected chi connectivity index (χ0v) is 9.77. The number of halogens is 3. The van der Waals surface area contributed by atoms with Crippen LogP contribution in [0.15, 0.2) is 0 Å². The standard InChI is InChI=1S/C8H13F3N4S/c1-5(3-12)4-15(2)7-13-6(14-16-7)8(9,10)11/h5H,3-4,12H2,1-2H3. The van der Waals surface area contributed by atoms with Gasteiger partial charge in [-0.15, -0.1) is 0 Å². The van der Waals surface area contributed by atoms with Gasteiger partial charge < -0.3 is 10.6 Å². The van der Waals surface area contributed by atoms with E-state index in [4.69, 9.17) is 5.73 Å².